The lowest BCUT2D eigenvalue weighted by molar-refractivity contribution is 0.0369. The number of benzene rings is 1. The maximum absolute atomic E-state index is 12.5. The lowest BCUT2D eigenvalue weighted by Gasteiger charge is -2.06. The topological polar surface area (TPSA) is 46.5 Å². The van der Waals surface area contributed by atoms with Crippen LogP contribution in [-0.4, -0.2) is 18.2 Å². The van der Waals surface area contributed by atoms with Crippen LogP contribution in [0.5, 0.6) is 0 Å². The van der Waals surface area contributed by atoms with Gasteiger partial charge in [0.2, 0.25) is 6.36 Å². The van der Waals surface area contributed by atoms with Gasteiger partial charge < -0.3 is 9.84 Å². The fourth-order valence-electron chi connectivity index (χ4n) is 1.00. The number of hydrogen-bond acceptors (Lipinski definition) is 3. The van der Waals surface area contributed by atoms with Crippen LogP contribution in [-0.2, 0) is 4.74 Å². The van der Waals surface area contributed by atoms with Crippen molar-refractivity contribution < 1.29 is 19.0 Å². The molecule has 1 aromatic carbocycles. The van der Waals surface area contributed by atoms with Crippen LogP contribution < -0.4 is 0 Å². The molecule has 0 fully saturated rings. The highest BCUT2D eigenvalue weighted by Crippen LogP contribution is 2.19. The van der Waals surface area contributed by atoms with E-state index in [2.05, 4.69) is 4.74 Å². The van der Waals surface area contributed by atoms with Gasteiger partial charge in [-0.05, 0) is 6.07 Å². The van der Waals surface area contributed by atoms with Crippen molar-refractivity contribution in [3.63, 3.8) is 0 Å². The maximum Gasteiger partial charge on any atom is 0.338 e. The second-order valence-electron chi connectivity index (χ2n) is 2.41. The van der Waals surface area contributed by atoms with Crippen molar-refractivity contribution in [3.8, 4) is 0 Å². The molecule has 1 atom stereocenters. The standard InChI is InChI=1S/C9H9FO3/c1-13-9(12)7-5-3-2-4-6(7)8(10)11/h2-5,8,11H,1H3. The Kier molecular flexibility index (Phi) is 2.97. The molecule has 0 aromatic heterocycles. The van der Waals surface area contributed by atoms with E-state index in [0.717, 1.165) is 0 Å². The van der Waals surface area contributed by atoms with Crippen LogP contribution in [0.4, 0.5) is 4.39 Å². The van der Waals surface area contributed by atoms with Gasteiger partial charge in [-0.1, -0.05) is 18.2 Å². The van der Waals surface area contributed by atoms with Crippen molar-refractivity contribution in [1.82, 2.24) is 0 Å². The van der Waals surface area contributed by atoms with Crippen LogP contribution in [0.2, 0.25) is 0 Å². The van der Waals surface area contributed by atoms with Gasteiger partial charge in [-0.15, -0.1) is 0 Å². The average molecular weight is 184 g/mol. The van der Waals surface area contributed by atoms with E-state index < -0.39 is 12.3 Å². The smallest absolute Gasteiger partial charge is 0.338 e. The Hall–Kier alpha value is -1.42. The molecule has 0 heterocycles. The highest BCUT2D eigenvalue weighted by Gasteiger charge is 2.15. The predicted molar refractivity (Wildman–Crippen MR) is 43.8 cm³/mol. The van der Waals surface area contributed by atoms with Crippen molar-refractivity contribution in [2.24, 2.45) is 0 Å². The second-order valence-corrected chi connectivity index (χ2v) is 2.41. The second kappa shape index (κ2) is 4.00. The number of aliphatic hydroxyl groups excluding tert-OH is 1. The van der Waals surface area contributed by atoms with Crippen LogP contribution in [0.1, 0.15) is 22.3 Å². The van der Waals surface area contributed by atoms with Crippen LogP contribution in [0.15, 0.2) is 24.3 Å². The van der Waals surface area contributed by atoms with Gasteiger partial charge in [0.15, 0.2) is 0 Å². The van der Waals surface area contributed by atoms with E-state index in [0.29, 0.717) is 0 Å². The number of aliphatic hydroxyl groups is 1. The van der Waals surface area contributed by atoms with E-state index >= 15 is 0 Å². The zero-order valence-electron chi connectivity index (χ0n) is 7.03. The Bertz CT molecular complexity index is 309. The molecule has 1 unspecified atom stereocenters. The van der Waals surface area contributed by atoms with Gasteiger partial charge in [-0.25, -0.2) is 9.18 Å². The number of rotatable bonds is 2. The van der Waals surface area contributed by atoms with Crippen molar-refractivity contribution in [2.75, 3.05) is 7.11 Å². The molecule has 0 spiro atoms. The normalized spacial score (nSPS) is 12.2. The summed E-state index contributed by atoms with van der Waals surface area (Å²) in [6.07, 6.45) is -2.16. The number of esters is 1. The number of methoxy groups -OCH3 is 1. The first-order chi connectivity index (χ1) is 6.16. The van der Waals surface area contributed by atoms with E-state index in [1.165, 1.54) is 25.3 Å². The van der Waals surface area contributed by atoms with Crippen LogP contribution in [0, 0.1) is 0 Å². The molecule has 0 saturated carbocycles. The molecule has 0 saturated heterocycles. The summed E-state index contributed by atoms with van der Waals surface area (Å²) in [5, 5.41) is 8.67. The summed E-state index contributed by atoms with van der Waals surface area (Å²) in [4.78, 5) is 11.0. The van der Waals surface area contributed by atoms with Gasteiger partial charge >= 0.3 is 5.97 Å². The van der Waals surface area contributed by atoms with Gasteiger partial charge in [0, 0.05) is 5.56 Å². The lowest BCUT2D eigenvalue weighted by atomic mass is 10.1. The molecule has 0 radical (unpaired) electrons. The highest BCUT2D eigenvalue weighted by molar-refractivity contribution is 5.91. The average Bonchev–Trinajstić information content (AvgIpc) is 2.16. The Labute approximate surface area is 74.8 Å². The monoisotopic (exact) mass is 184 g/mol. The Morgan fingerprint density at radius 1 is 1.54 bits per heavy atom. The van der Waals surface area contributed by atoms with Crippen molar-refractivity contribution in [1.29, 1.82) is 0 Å². The van der Waals surface area contributed by atoms with Gasteiger partial charge in [-0.2, -0.15) is 0 Å². The molecule has 70 valence electrons. The Morgan fingerprint density at radius 3 is 2.69 bits per heavy atom. The first-order valence-corrected chi connectivity index (χ1v) is 3.66. The fourth-order valence-corrected chi connectivity index (χ4v) is 1.00. The SMILES string of the molecule is COC(=O)c1ccccc1C(O)F. The number of carbonyl (C=O) groups is 1. The predicted octanol–water partition coefficient (Wildman–Crippen LogP) is 1.43. The third-order valence-corrected chi connectivity index (χ3v) is 1.62. The Balaban J connectivity index is 3.12. The van der Waals surface area contributed by atoms with Gasteiger partial charge in [0.05, 0.1) is 12.7 Å². The van der Waals surface area contributed by atoms with E-state index in [9.17, 15) is 9.18 Å². The van der Waals surface area contributed by atoms with E-state index in [-0.39, 0.29) is 11.1 Å². The van der Waals surface area contributed by atoms with Gasteiger partial charge in [0.1, 0.15) is 0 Å². The quantitative estimate of drug-likeness (QED) is 0.707. The Morgan fingerprint density at radius 2 is 2.15 bits per heavy atom. The molecule has 3 nitrogen and oxygen atoms in total. The number of ether oxygens (including phenoxy) is 1. The third-order valence-electron chi connectivity index (χ3n) is 1.62. The van der Waals surface area contributed by atoms with E-state index in [1.807, 2.05) is 0 Å². The fraction of sp³-hybridized carbons (Fsp3) is 0.222. The van der Waals surface area contributed by atoms with Gasteiger partial charge in [0.25, 0.3) is 0 Å². The maximum atomic E-state index is 12.5. The van der Waals surface area contributed by atoms with E-state index in [1.54, 1.807) is 6.07 Å². The molecule has 1 rings (SSSR count). The van der Waals surface area contributed by atoms with Crippen LogP contribution in [0.25, 0.3) is 0 Å². The molecule has 0 aliphatic rings. The molecular weight excluding hydrogens is 175 g/mol. The summed E-state index contributed by atoms with van der Waals surface area (Å²) in [5.74, 6) is -0.660. The molecule has 1 aromatic rings. The van der Waals surface area contributed by atoms with Crippen LogP contribution >= 0.6 is 0 Å². The van der Waals surface area contributed by atoms with E-state index in [4.69, 9.17) is 5.11 Å². The molecule has 0 amide bonds. The number of hydrogen-bond donors (Lipinski definition) is 1. The zero-order chi connectivity index (χ0) is 9.84. The third kappa shape index (κ3) is 2.03. The molecule has 0 aliphatic carbocycles. The summed E-state index contributed by atoms with van der Waals surface area (Å²) in [7, 11) is 1.20. The minimum Gasteiger partial charge on any atom is -0.465 e. The molecule has 4 heteroatoms. The first-order valence-electron chi connectivity index (χ1n) is 3.66. The summed E-state index contributed by atoms with van der Waals surface area (Å²) >= 11 is 0. The minimum atomic E-state index is -2.16. The van der Waals surface area contributed by atoms with Crippen LogP contribution in [0.3, 0.4) is 0 Å². The van der Waals surface area contributed by atoms with Gasteiger partial charge in [-0.3, -0.25) is 0 Å². The summed E-state index contributed by atoms with van der Waals surface area (Å²) in [5.41, 5.74) is -0.0330. The number of alkyl halides is 1. The molecule has 1 N–H and O–H groups in total. The largest absolute Gasteiger partial charge is 0.465 e. The van der Waals surface area contributed by atoms with Crippen molar-refractivity contribution >= 4 is 5.97 Å². The minimum absolute atomic E-state index is 0.0417. The summed E-state index contributed by atoms with van der Waals surface area (Å²) < 4.78 is 16.9. The van der Waals surface area contributed by atoms with Crippen molar-refractivity contribution in [2.45, 2.75) is 6.36 Å². The molecule has 0 aliphatic heterocycles. The lowest BCUT2D eigenvalue weighted by Crippen LogP contribution is -2.06. The molecule has 13 heavy (non-hydrogen) atoms. The summed E-state index contributed by atoms with van der Waals surface area (Å²) in [6, 6.07) is 5.82. The first kappa shape index (κ1) is 9.67. The highest BCUT2D eigenvalue weighted by atomic mass is 19.1. The number of halogens is 1. The number of carbonyl (C=O) groups excluding carboxylic acids is 1. The molecule has 0 bridgehead atoms. The molecular formula is C9H9FO3. The zero-order valence-corrected chi connectivity index (χ0v) is 7.03. The van der Waals surface area contributed by atoms with Crippen molar-refractivity contribution in [3.05, 3.63) is 35.4 Å². The summed E-state index contributed by atoms with van der Waals surface area (Å²) in [6.45, 7) is 0.